The Hall–Kier alpha value is -1.50. The molecule has 0 atom stereocenters. The van der Waals surface area contributed by atoms with Crippen LogP contribution in [0, 0.1) is 0 Å². The Morgan fingerprint density at radius 2 is 2.08 bits per heavy atom. The van der Waals surface area contributed by atoms with E-state index in [9.17, 15) is 0 Å². The summed E-state index contributed by atoms with van der Waals surface area (Å²) in [7, 11) is 1.60. The molecule has 0 aliphatic heterocycles. The Morgan fingerprint density at radius 3 is 2.46 bits per heavy atom. The predicted molar refractivity (Wildman–Crippen MR) is 53.9 cm³/mol. The summed E-state index contributed by atoms with van der Waals surface area (Å²) in [6.45, 7) is 4.10. The van der Waals surface area contributed by atoms with Gasteiger partial charge < -0.3 is 10.5 Å². The van der Waals surface area contributed by atoms with Gasteiger partial charge in [0.05, 0.1) is 7.11 Å². The molecule has 68 valence electrons. The van der Waals surface area contributed by atoms with Gasteiger partial charge in [-0.15, -0.1) is 0 Å². The number of ether oxygens (including phenoxy) is 1. The third kappa shape index (κ3) is 2.22. The van der Waals surface area contributed by atoms with Gasteiger partial charge in [0, 0.05) is 12.1 Å². The van der Waals surface area contributed by atoms with E-state index in [-0.39, 0.29) is 0 Å². The van der Waals surface area contributed by atoms with Gasteiger partial charge in [0.15, 0.2) is 5.76 Å². The van der Waals surface area contributed by atoms with Crippen molar-refractivity contribution in [3.8, 4) is 0 Å². The van der Waals surface area contributed by atoms with Crippen molar-refractivity contribution in [2.24, 2.45) is 5.73 Å². The Morgan fingerprint density at radius 1 is 1.46 bits per heavy atom. The predicted octanol–water partition coefficient (Wildman–Crippen LogP) is 1.92. The van der Waals surface area contributed by atoms with E-state index in [1.54, 1.807) is 7.11 Å². The fraction of sp³-hybridized carbons (Fsp3) is 0.182. The van der Waals surface area contributed by atoms with Gasteiger partial charge in [-0.25, -0.2) is 0 Å². The zero-order valence-electron chi connectivity index (χ0n) is 7.71. The van der Waals surface area contributed by atoms with Gasteiger partial charge in [-0.3, -0.25) is 0 Å². The minimum absolute atomic E-state index is 0.556. The Labute approximate surface area is 78.3 Å². The minimum atomic E-state index is 0.556. The average molecular weight is 175 g/mol. The highest BCUT2D eigenvalue weighted by Gasteiger charge is 1.98. The first-order valence-corrected chi connectivity index (χ1v) is 4.05. The number of hydrogen-bond acceptors (Lipinski definition) is 2. The maximum Gasteiger partial charge on any atom is 0.168 e. The van der Waals surface area contributed by atoms with Gasteiger partial charge in [-0.2, -0.15) is 0 Å². The van der Waals surface area contributed by atoms with E-state index in [1.807, 2.05) is 24.3 Å². The monoisotopic (exact) mass is 175 g/mol. The first kappa shape index (κ1) is 9.59. The van der Waals surface area contributed by atoms with Crippen LogP contribution in [0.3, 0.4) is 0 Å². The molecular formula is C11H13NO. The highest BCUT2D eigenvalue weighted by Crippen LogP contribution is 2.13. The normalized spacial score (nSPS) is 9.08. The third-order valence-electron chi connectivity index (χ3n) is 1.82. The molecule has 2 heteroatoms. The highest BCUT2D eigenvalue weighted by atomic mass is 16.5. The van der Waals surface area contributed by atoms with Crippen LogP contribution < -0.4 is 5.73 Å². The molecule has 0 fully saturated rings. The van der Waals surface area contributed by atoms with Gasteiger partial charge in [0.25, 0.3) is 0 Å². The summed E-state index contributed by atoms with van der Waals surface area (Å²) in [5.41, 5.74) is 10.3. The molecule has 0 amide bonds. The van der Waals surface area contributed by atoms with Crippen LogP contribution in [0.1, 0.15) is 11.1 Å². The largest absolute Gasteiger partial charge is 0.489 e. The molecule has 1 rings (SSSR count). The molecule has 2 nitrogen and oxygen atoms in total. The van der Waals surface area contributed by atoms with Crippen LogP contribution in [0.25, 0.3) is 5.76 Å². The van der Waals surface area contributed by atoms with Gasteiger partial charge in [-0.1, -0.05) is 36.6 Å². The molecule has 2 N–H and O–H groups in total. The van der Waals surface area contributed by atoms with E-state index in [0.29, 0.717) is 12.3 Å². The standard InChI is InChI=1S/C11H13NO/c1-3-11(13-2)10-6-4-9(8-12)5-7-10/h4-7H,1,8,12H2,2H3. The van der Waals surface area contributed by atoms with E-state index >= 15 is 0 Å². The van der Waals surface area contributed by atoms with Crippen LogP contribution >= 0.6 is 0 Å². The maximum atomic E-state index is 5.47. The summed E-state index contributed by atoms with van der Waals surface area (Å²) in [6.07, 6.45) is 0. The molecule has 13 heavy (non-hydrogen) atoms. The molecule has 0 bridgehead atoms. The van der Waals surface area contributed by atoms with Crippen LogP contribution in [0.15, 0.2) is 36.6 Å². The van der Waals surface area contributed by atoms with Crippen molar-refractivity contribution in [1.82, 2.24) is 0 Å². The van der Waals surface area contributed by atoms with Gasteiger partial charge >= 0.3 is 0 Å². The van der Waals surface area contributed by atoms with Crippen LogP contribution in [-0.4, -0.2) is 7.11 Å². The fourth-order valence-corrected chi connectivity index (χ4v) is 1.08. The average Bonchev–Trinajstić information content (AvgIpc) is 2.21. The second-order valence-electron chi connectivity index (χ2n) is 2.61. The SMILES string of the molecule is C=C=C(OC)c1ccc(CN)cc1. The number of rotatable bonds is 3. The topological polar surface area (TPSA) is 35.2 Å². The lowest BCUT2D eigenvalue weighted by Gasteiger charge is -2.03. The molecule has 1 aromatic rings. The Balaban J connectivity index is 2.98. The van der Waals surface area contributed by atoms with E-state index in [1.165, 1.54) is 0 Å². The van der Waals surface area contributed by atoms with E-state index in [4.69, 9.17) is 10.5 Å². The van der Waals surface area contributed by atoms with Crippen molar-refractivity contribution < 1.29 is 4.74 Å². The van der Waals surface area contributed by atoms with E-state index in [0.717, 1.165) is 11.1 Å². The van der Waals surface area contributed by atoms with E-state index < -0.39 is 0 Å². The molecule has 0 unspecified atom stereocenters. The molecule has 0 spiro atoms. The third-order valence-corrected chi connectivity index (χ3v) is 1.82. The van der Waals surface area contributed by atoms with Crippen LogP contribution in [0.5, 0.6) is 0 Å². The second-order valence-corrected chi connectivity index (χ2v) is 2.61. The number of nitrogens with two attached hydrogens (primary N) is 1. The molecule has 0 saturated carbocycles. The van der Waals surface area contributed by atoms with Gasteiger partial charge in [0.1, 0.15) is 0 Å². The molecule has 0 aliphatic carbocycles. The Kier molecular flexibility index (Phi) is 3.32. The first-order chi connectivity index (χ1) is 6.31. The van der Waals surface area contributed by atoms with Gasteiger partial charge in [-0.05, 0) is 5.56 Å². The summed E-state index contributed by atoms with van der Waals surface area (Å²) in [4.78, 5) is 0. The molecule has 0 radical (unpaired) electrons. The summed E-state index contributed by atoms with van der Waals surface area (Å²) in [5.74, 6) is 0.656. The molecule has 0 aliphatic rings. The lowest BCUT2D eigenvalue weighted by atomic mass is 10.1. The molecule has 0 saturated heterocycles. The first-order valence-electron chi connectivity index (χ1n) is 4.05. The van der Waals surface area contributed by atoms with Crippen molar-refractivity contribution in [2.45, 2.75) is 6.54 Å². The summed E-state index contributed by atoms with van der Waals surface area (Å²) < 4.78 is 5.07. The number of methoxy groups -OCH3 is 1. The summed E-state index contributed by atoms with van der Waals surface area (Å²) in [6, 6.07) is 7.82. The lowest BCUT2D eigenvalue weighted by molar-refractivity contribution is 0.371. The second kappa shape index (κ2) is 4.51. The molecule has 0 aromatic heterocycles. The lowest BCUT2D eigenvalue weighted by Crippen LogP contribution is -1.96. The maximum absolute atomic E-state index is 5.47. The molecular weight excluding hydrogens is 162 g/mol. The minimum Gasteiger partial charge on any atom is -0.489 e. The summed E-state index contributed by atoms with van der Waals surface area (Å²) >= 11 is 0. The zero-order valence-corrected chi connectivity index (χ0v) is 7.71. The smallest absolute Gasteiger partial charge is 0.168 e. The van der Waals surface area contributed by atoms with Gasteiger partial charge in [0.2, 0.25) is 0 Å². The van der Waals surface area contributed by atoms with Crippen LogP contribution in [0.4, 0.5) is 0 Å². The molecule has 1 aromatic carbocycles. The fourth-order valence-electron chi connectivity index (χ4n) is 1.08. The van der Waals surface area contributed by atoms with Crippen molar-refractivity contribution in [3.05, 3.63) is 47.7 Å². The zero-order chi connectivity index (χ0) is 9.68. The van der Waals surface area contributed by atoms with E-state index in [2.05, 4.69) is 12.3 Å². The van der Waals surface area contributed by atoms with Crippen molar-refractivity contribution in [3.63, 3.8) is 0 Å². The highest BCUT2D eigenvalue weighted by molar-refractivity contribution is 5.58. The van der Waals surface area contributed by atoms with Crippen LogP contribution in [-0.2, 0) is 11.3 Å². The quantitative estimate of drug-likeness (QED) is 0.562. The Bertz CT molecular complexity index is 320. The van der Waals surface area contributed by atoms with Crippen molar-refractivity contribution in [1.29, 1.82) is 0 Å². The van der Waals surface area contributed by atoms with Crippen molar-refractivity contribution in [2.75, 3.05) is 7.11 Å². The van der Waals surface area contributed by atoms with Crippen LogP contribution in [0.2, 0.25) is 0 Å². The summed E-state index contributed by atoms with van der Waals surface area (Å²) in [5, 5.41) is 0. The van der Waals surface area contributed by atoms with Crippen molar-refractivity contribution >= 4 is 5.76 Å². The molecule has 0 heterocycles. The number of hydrogen-bond donors (Lipinski definition) is 1. The number of benzene rings is 1.